The Bertz CT molecular complexity index is 852. The molecule has 2 atom stereocenters. The maximum absolute atomic E-state index is 13.9. The zero-order chi connectivity index (χ0) is 20.3. The van der Waals surface area contributed by atoms with Gasteiger partial charge >= 0.3 is 0 Å². The number of amides is 1. The summed E-state index contributed by atoms with van der Waals surface area (Å²) >= 11 is 0. The van der Waals surface area contributed by atoms with E-state index in [0.29, 0.717) is 24.3 Å². The average molecular weight is 387 g/mol. The van der Waals surface area contributed by atoms with Crippen LogP contribution >= 0.6 is 0 Å². The van der Waals surface area contributed by atoms with Gasteiger partial charge in [0.1, 0.15) is 17.1 Å². The molecule has 0 radical (unpaired) electrons. The number of hydrogen-bond acceptors (Lipinski definition) is 4. The first-order valence-corrected chi connectivity index (χ1v) is 9.41. The zero-order valence-electron chi connectivity index (χ0n) is 16.6. The number of fused-ring (bicyclic) bond motifs is 1. The highest BCUT2D eigenvalue weighted by molar-refractivity contribution is 5.81. The molecule has 1 aliphatic rings. The lowest BCUT2D eigenvalue weighted by atomic mass is 9.89. The molecule has 1 heterocycles. The first-order valence-electron chi connectivity index (χ1n) is 9.41. The molecule has 0 spiro atoms. The number of carbonyl (C=O) groups is 1. The van der Waals surface area contributed by atoms with E-state index < -0.39 is 17.5 Å². The molecule has 0 aliphatic carbocycles. The van der Waals surface area contributed by atoms with Gasteiger partial charge in [-0.15, -0.1) is 0 Å². The summed E-state index contributed by atoms with van der Waals surface area (Å²) in [5, 5.41) is 3.05. The molecule has 0 fully saturated rings. The van der Waals surface area contributed by atoms with E-state index in [4.69, 9.17) is 14.2 Å². The highest BCUT2D eigenvalue weighted by atomic mass is 19.1. The van der Waals surface area contributed by atoms with Crippen molar-refractivity contribution in [2.75, 3.05) is 7.11 Å². The molecule has 0 saturated carbocycles. The lowest BCUT2D eigenvalue weighted by molar-refractivity contribution is -0.129. The van der Waals surface area contributed by atoms with Gasteiger partial charge in [0.25, 0.3) is 5.91 Å². The van der Waals surface area contributed by atoms with Gasteiger partial charge in [-0.3, -0.25) is 4.79 Å². The summed E-state index contributed by atoms with van der Waals surface area (Å²) in [5.74, 6) is 0.676. The summed E-state index contributed by atoms with van der Waals surface area (Å²) in [7, 11) is 1.60. The minimum Gasteiger partial charge on any atom is -0.497 e. The van der Waals surface area contributed by atoms with E-state index in [-0.39, 0.29) is 17.7 Å². The standard InChI is InChI=1S/C22H26FNO4/c1-5-18(27-19-9-7-6-8-16(19)23)21(25)24-17-13-22(2,3)28-20-12-14(26-4)10-11-15(17)20/h6-12,17-18H,5,13H2,1-4H3,(H,24,25)/t17-,18+/m0/s1. The van der Waals surface area contributed by atoms with Crippen LogP contribution in [-0.2, 0) is 4.79 Å². The number of halogens is 1. The summed E-state index contributed by atoms with van der Waals surface area (Å²) in [4.78, 5) is 12.9. The first kappa shape index (κ1) is 20.0. The Morgan fingerprint density at radius 1 is 1.32 bits per heavy atom. The number of benzene rings is 2. The van der Waals surface area contributed by atoms with Gasteiger partial charge in [-0.05, 0) is 44.5 Å². The van der Waals surface area contributed by atoms with Crippen molar-refractivity contribution in [3.63, 3.8) is 0 Å². The summed E-state index contributed by atoms with van der Waals surface area (Å²) in [6, 6.07) is 11.4. The van der Waals surface area contributed by atoms with Crippen molar-refractivity contribution in [3.05, 3.63) is 53.8 Å². The third kappa shape index (κ3) is 4.38. The molecule has 1 amide bonds. The third-order valence-corrected chi connectivity index (χ3v) is 4.76. The van der Waals surface area contributed by atoms with Crippen LogP contribution < -0.4 is 19.5 Å². The molecule has 2 aromatic carbocycles. The summed E-state index contributed by atoms with van der Waals surface area (Å²) < 4.78 is 30.9. The first-order chi connectivity index (χ1) is 13.3. The van der Waals surface area contributed by atoms with Gasteiger partial charge in [-0.1, -0.05) is 19.1 Å². The number of ether oxygens (including phenoxy) is 3. The van der Waals surface area contributed by atoms with E-state index >= 15 is 0 Å². The van der Waals surface area contributed by atoms with Crippen LogP contribution in [0.1, 0.15) is 45.2 Å². The maximum atomic E-state index is 13.9. The van der Waals surface area contributed by atoms with Crippen LogP contribution in [0.3, 0.4) is 0 Å². The predicted molar refractivity (Wildman–Crippen MR) is 104 cm³/mol. The largest absolute Gasteiger partial charge is 0.497 e. The van der Waals surface area contributed by atoms with Crippen LogP contribution in [0.25, 0.3) is 0 Å². The Morgan fingerprint density at radius 3 is 2.75 bits per heavy atom. The molecule has 1 N–H and O–H groups in total. The molecule has 3 rings (SSSR count). The molecule has 0 unspecified atom stereocenters. The summed E-state index contributed by atoms with van der Waals surface area (Å²) in [6.45, 7) is 5.78. The molecule has 150 valence electrons. The number of hydrogen-bond donors (Lipinski definition) is 1. The predicted octanol–water partition coefficient (Wildman–Crippen LogP) is 4.41. The lowest BCUT2D eigenvalue weighted by Crippen LogP contribution is -2.45. The smallest absolute Gasteiger partial charge is 0.261 e. The van der Waals surface area contributed by atoms with Crippen LogP contribution in [-0.4, -0.2) is 24.7 Å². The lowest BCUT2D eigenvalue weighted by Gasteiger charge is -2.38. The summed E-state index contributed by atoms with van der Waals surface area (Å²) in [6.07, 6.45) is 0.237. The highest BCUT2D eigenvalue weighted by Crippen LogP contribution is 2.41. The van der Waals surface area contributed by atoms with Gasteiger partial charge in [0.05, 0.1) is 13.2 Å². The van der Waals surface area contributed by atoms with E-state index in [0.717, 1.165) is 5.56 Å². The topological polar surface area (TPSA) is 56.8 Å². The Morgan fingerprint density at radius 2 is 2.07 bits per heavy atom. The van der Waals surface area contributed by atoms with E-state index in [1.165, 1.54) is 12.1 Å². The average Bonchev–Trinajstić information content (AvgIpc) is 2.65. The Labute approximate surface area is 164 Å². The Balaban J connectivity index is 1.79. The molecular weight excluding hydrogens is 361 g/mol. The van der Waals surface area contributed by atoms with Crippen molar-refractivity contribution in [1.29, 1.82) is 0 Å². The van der Waals surface area contributed by atoms with Gasteiger partial charge in [0.2, 0.25) is 0 Å². The molecule has 1 aliphatic heterocycles. The molecule has 28 heavy (non-hydrogen) atoms. The van der Waals surface area contributed by atoms with Crippen molar-refractivity contribution in [2.45, 2.75) is 51.4 Å². The minimum absolute atomic E-state index is 0.0712. The number of nitrogens with one attached hydrogen (secondary N) is 1. The molecule has 5 nitrogen and oxygen atoms in total. The number of methoxy groups -OCH3 is 1. The van der Waals surface area contributed by atoms with Gasteiger partial charge in [-0.2, -0.15) is 0 Å². The SMILES string of the molecule is CC[C@@H](Oc1ccccc1F)C(=O)N[C@H]1CC(C)(C)Oc2cc(OC)ccc21. The van der Waals surface area contributed by atoms with Crippen molar-refractivity contribution < 1.29 is 23.4 Å². The normalized spacial score (nSPS) is 18.4. The molecule has 2 aromatic rings. The van der Waals surface area contributed by atoms with Crippen LogP contribution in [0.15, 0.2) is 42.5 Å². The minimum atomic E-state index is -0.787. The number of rotatable bonds is 6. The molecule has 0 saturated heterocycles. The Kier molecular flexibility index (Phi) is 5.77. The van der Waals surface area contributed by atoms with Crippen LogP contribution in [0, 0.1) is 5.82 Å². The second-order valence-corrected chi connectivity index (χ2v) is 7.48. The molecule has 0 bridgehead atoms. The van der Waals surface area contributed by atoms with Crippen LogP contribution in [0.2, 0.25) is 0 Å². The second-order valence-electron chi connectivity index (χ2n) is 7.48. The quantitative estimate of drug-likeness (QED) is 0.798. The van der Waals surface area contributed by atoms with Gasteiger partial charge < -0.3 is 19.5 Å². The second kappa shape index (κ2) is 8.09. The van der Waals surface area contributed by atoms with Gasteiger partial charge in [0.15, 0.2) is 17.7 Å². The fourth-order valence-electron chi connectivity index (χ4n) is 3.37. The zero-order valence-corrected chi connectivity index (χ0v) is 16.6. The van der Waals surface area contributed by atoms with Crippen molar-refractivity contribution in [1.82, 2.24) is 5.32 Å². The van der Waals surface area contributed by atoms with Gasteiger partial charge in [-0.25, -0.2) is 4.39 Å². The number of para-hydroxylation sites is 1. The van der Waals surface area contributed by atoms with Crippen molar-refractivity contribution in [2.24, 2.45) is 0 Å². The fraction of sp³-hybridized carbons (Fsp3) is 0.409. The number of carbonyl (C=O) groups excluding carboxylic acids is 1. The van der Waals surface area contributed by atoms with E-state index in [1.54, 1.807) is 19.2 Å². The molecule has 0 aromatic heterocycles. The van der Waals surface area contributed by atoms with E-state index in [2.05, 4.69) is 5.32 Å². The highest BCUT2D eigenvalue weighted by Gasteiger charge is 2.36. The maximum Gasteiger partial charge on any atom is 0.261 e. The van der Waals surface area contributed by atoms with Crippen LogP contribution in [0.4, 0.5) is 4.39 Å². The van der Waals surface area contributed by atoms with E-state index in [9.17, 15) is 9.18 Å². The van der Waals surface area contributed by atoms with E-state index in [1.807, 2.05) is 39.0 Å². The third-order valence-electron chi connectivity index (χ3n) is 4.76. The van der Waals surface area contributed by atoms with Gasteiger partial charge in [0, 0.05) is 18.1 Å². The van der Waals surface area contributed by atoms with Crippen LogP contribution in [0.5, 0.6) is 17.2 Å². The molecule has 6 heteroatoms. The Hall–Kier alpha value is -2.76. The van der Waals surface area contributed by atoms with Crippen molar-refractivity contribution >= 4 is 5.91 Å². The summed E-state index contributed by atoms with van der Waals surface area (Å²) in [5.41, 5.74) is 0.431. The molecular formula is C22H26FNO4. The fourth-order valence-corrected chi connectivity index (χ4v) is 3.37. The van der Waals surface area contributed by atoms with Crippen molar-refractivity contribution in [3.8, 4) is 17.2 Å². The monoisotopic (exact) mass is 387 g/mol.